The second-order valence-corrected chi connectivity index (χ2v) is 5.59. The molecule has 0 aliphatic heterocycles. The minimum atomic E-state index is -4.85. The van der Waals surface area contributed by atoms with Gasteiger partial charge in [0.15, 0.2) is 0 Å². The van der Waals surface area contributed by atoms with Crippen LogP contribution in [0.1, 0.15) is 23.2 Å². The van der Waals surface area contributed by atoms with Gasteiger partial charge in [-0.05, 0) is 48.2 Å². The van der Waals surface area contributed by atoms with E-state index in [1.807, 2.05) is 0 Å². The molecule has 1 aliphatic carbocycles. The smallest absolute Gasteiger partial charge is 0.508 e. The van der Waals surface area contributed by atoms with Crippen LogP contribution in [0.2, 0.25) is 0 Å². The predicted octanol–water partition coefficient (Wildman–Crippen LogP) is 3.85. The SMILES string of the molecule is O=C(NC1CC1)c1cccc(-c2cc(O)cc(OC(F)(F)F)c2)c1. The summed E-state index contributed by atoms with van der Waals surface area (Å²) >= 11 is 0. The van der Waals surface area contributed by atoms with Crippen LogP contribution < -0.4 is 10.1 Å². The predicted molar refractivity (Wildman–Crippen MR) is 80.7 cm³/mol. The second-order valence-electron chi connectivity index (χ2n) is 5.59. The summed E-state index contributed by atoms with van der Waals surface area (Å²) in [4.78, 5) is 12.1. The molecular formula is C17H14F3NO3. The van der Waals surface area contributed by atoms with Crippen molar-refractivity contribution in [1.29, 1.82) is 0 Å². The Morgan fingerprint density at radius 1 is 1.12 bits per heavy atom. The molecule has 0 atom stereocenters. The molecule has 0 aromatic heterocycles. The van der Waals surface area contributed by atoms with Gasteiger partial charge in [-0.25, -0.2) is 0 Å². The Bertz CT molecular complexity index is 770. The highest BCUT2D eigenvalue weighted by molar-refractivity contribution is 5.95. The molecule has 1 saturated carbocycles. The van der Waals surface area contributed by atoms with Crippen LogP contribution >= 0.6 is 0 Å². The number of carbonyl (C=O) groups excluding carboxylic acids is 1. The number of benzene rings is 2. The quantitative estimate of drug-likeness (QED) is 0.891. The Balaban J connectivity index is 1.89. The van der Waals surface area contributed by atoms with Crippen molar-refractivity contribution >= 4 is 5.91 Å². The number of rotatable bonds is 4. The van der Waals surface area contributed by atoms with Gasteiger partial charge in [0.1, 0.15) is 11.5 Å². The zero-order valence-electron chi connectivity index (χ0n) is 12.4. The van der Waals surface area contributed by atoms with Crippen molar-refractivity contribution in [2.75, 3.05) is 0 Å². The lowest BCUT2D eigenvalue weighted by molar-refractivity contribution is -0.274. The Hall–Kier alpha value is -2.70. The summed E-state index contributed by atoms with van der Waals surface area (Å²) in [6.07, 6.45) is -2.94. The molecule has 1 fully saturated rings. The van der Waals surface area contributed by atoms with Crippen LogP contribution in [0.25, 0.3) is 11.1 Å². The standard InChI is InChI=1S/C17H14F3NO3/c18-17(19,20)24-15-8-12(7-14(22)9-15)10-2-1-3-11(6-10)16(23)21-13-4-5-13/h1-3,6-9,13,22H,4-5H2,(H,21,23). The summed E-state index contributed by atoms with van der Waals surface area (Å²) < 4.78 is 40.9. The fourth-order valence-electron chi connectivity index (χ4n) is 2.28. The van der Waals surface area contributed by atoms with Crippen molar-refractivity contribution in [2.24, 2.45) is 0 Å². The maximum atomic E-state index is 12.3. The topological polar surface area (TPSA) is 58.6 Å². The van der Waals surface area contributed by atoms with Crippen molar-refractivity contribution < 1.29 is 27.8 Å². The number of amides is 1. The summed E-state index contributed by atoms with van der Waals surface area (Å²) in [6.45, 7) is 0. The molecule has 3 rings (SSSR count). The maximum absolute atomic E-state index is 12.3. The molecular weight excluding hydrogens is 323 g/mol. The molecule has 1 amide bonds. The molecule has 2 aromatic carbocycles. The number of alkyl halides is 3. The van der Waals surface area contributed by atoms with Crippen molar-refractivity contribution in [3.05, 3.63) is 48.0 Å². The van der Waals surface area contributed by atoms with E-state index in [9.17, 15) is 23.1 Å². The van der Waals surface area contributed by atoms with E-state index >= 15 is 0 Å². The first-order valence-corrected chi connectivity index (χ1v) is 7.31. The number of carbonyl (C=O) groups is 1. The minimum absolute atomic E-state index is 0.203. The molecule has 0 heterocycles. The van der Waals surface area contributed by atoms with E-state index in [0.717, 1.165) is 25.0 Å². The van der Waals surface area contributed by atoms with Crippen LogP contribution in [-0.2, 0) is 0 Å². The lowest BCUT2D eigenvalue weighted by atomic mass is 10.0. The van der Waals surface area contributed by atoms with E-state index in [2.05, 4.69) is 10.1 Å². The first kappa shape index (κ1) is 16.2. The molecule has 0 spiro atoms. The van der Waals surface area contributed by atoms with Gasteiger partial charge in [-0.1, -0.05) is 12.1 Å². The Morgan fingerprint density at radius 3 is 2.54 bits per heavy atom. The van der Waals surface area contributed by atoms with E-state index in [-0.39, 0.29) is 17.7 Å². The summed E-state index contributed by atoms with van der Waals surface area (Å²) in [5.41, 5.74) is 1.22. The summed E-state index contributed by atoms with van der Waals surface area (Å²) in [7, 11) is 0. The lowest BCUT2D eigenvalue weighted by Gasteiger charge is -2.12. The van der Waals surface area contributed by atoms with Gasteiger partial charge in [-0.2, -0.15) is 0 Å². The van der Waals surface area contributed by atoms with Gasteiger partial charge >= 0.3 is 6.36 Å². The average Bonchev–Trinajstić information content (AvgIpc) is 3.29. The maximum Gasteiger partial charge on any atom is 0.573 e. The van der Waals surface area contributed by atoms with E-state index in [1.54, 1.807) is 24.3 Å². The number of aromatic hydroxyl groups is 1. The molecule has 1 aliphatic rings. The number of halogens is 3. The number of ether oxygens (including phenoxy) is 1. The van der Waals surface area contributed by atoms with Crippen LogP contribution in [0.15, 0.2) is 42.5 Å². The van der Waals surface area contributed by atoms with E-state index in [0.29, 0.717) is 16.7 Å². The van der Waals surface area contributed by atoms with Gasteiger partial charge in [0.05, 0.1) is 0 Å². The van der Waals surface area contributed by atoms with E-state index < -0.39 is 12.1 Å². The number of nitrogens with one attached hydrogen (secondary N) is 1. The molecule has 4 nitrogen and oxygen atoms in total. The number of phenols is 1. The average molecular weight is 337 g/mol. The first-order chi connectivity index (χ1) is 11.3. The van der Waals surface area contributed by atoms with Crippen LogP contribution in [0.4, 0.5) is 13.2 Å². The molecule has 7 heteroatoms. The van der Waals surface area contributed by atoms with Gasteiger partial charge in [-0.3, -0.25) is 4.79 Å². The fourth-order valence-corrected chi connectivity index (χ4v) is 2.28. The third-order valence-electron chi connectivity index (χ3n) is 3.50. The molecule has 126 valence electrons. The molecule has 0 bridgehead atoms. The monoisotopic (exact) mass is 337 g/mol. The normalized spacial score (nSPS) is 14.3. The van der Waals surface area contributed by atoms with Crippen LogP contribution in [-0.4, -0.2) is 23.4 Å². The zero-order valence-corrected chi connectivity index (χ0v) is 12.4. The van der Waals surface area contributed by atoms with Crippen molar-refractivity contribution in [3.63, 3.8) is 0 Å². The van der Waals surface area contributed by atoms with E-state index in [4.69, 9.17) is 0 Å². The molecule has 2 N–H and O–H groups in total. The van der Waals surface area contributed by atoms with Crippen LogP contribution in [0.3, 0.4) is 0 Å². The zero-order chi connectivity index (χ0) is 17.3. The Labute approximate surface area is 135 Å². The number of hydrogen-bond acceptors (Lipinski definition) is 3. The van der Waals surface area contributed by atoms with Crippen LogP contribution in [0, 0.1) is 0 Å². The third kappa shape index (κ3) is 4.18. The second kappa shape index (κ2) is 6.07. The summed E-state index contributed by atoms with van der Waals surface area (Å²) in [6, 6.07) is 9.99. The summed E-state index contributed by atoms with van der Waals surface area (Å²) in [5, 5.41) is 12.5. The van der Waals surface area contributed by atoms with Gasteiger partial charge in [-0.15, -0.1) is 13.2 Å². The first-order valence-electron chi connectivity index (χ1n) is 7.31. The van der Waals surface area contributed by atoms with Crippen molar-refractivity contribution in [3.8, 4) is 22.6 Å². The molecule has 0 saturated heterocycles. The minimum Gasteiger partial charge on any atom is -0.508 e. The summed E-state index contributed by atoms with van der Waals surface area (Å²) in [5.74, 6) is -1.11. The Kier molecular flexibility index (Phi) is 4.09. The van der Waals surface area contributed by atoms with Crippen LogP contribution in [0.5, 0.6) is 11.5 Å². The number of phenolic OH excluding ortho intramolecular Hbond substituents is 1. The van der Waals surface area contributed by atoms with Gasteiger partial charge < -0.3 is 15.2 Å². The molecule has 2 aromatic rings. The van der Waals surface area contributed by atoms with Crippen molar-refractivity contribution in [2.45, 2.75) is 25.2 Å². The Morgan fingerprint density at radius 2 is 1.88 bits per heavy atom. The fraction of sp³-hybridized carbons (Fsp3) is 0.235. The van der Waals surface area contributed by atoms with Gasteiger partial charge in [0.25, 0.3) is 5.91 Å². The van der Waals surface area contributed by atoms with Gasteiger partial charge in [0, 0.05) is 17.7 Å². The molecule has 24 heavy (non-hydrogen) atoms. The lowest BCUT2D eigenvalue weighted by Crippen LogP contribution is -2.25. The largest absolute Gasteiger partial charge is 0.573 e. The van der Waals surface area contributed by atoms with Gasteiger partial charge in [0.2, 0.25) is 0 Å². The molecule has 0 unspecified atom stereocenters. The highest BCUT2D eigenvalue weighted by Crippen LogP contribution is 2.32. The van der Waals surface area contributed by atoms with Crippen molar-refractivity contribution in [1.82, 2.24) is 5.32 Å². The third-order valence-corrected chi connectivity index (χ3v) is 3.50. The molecule has 0 radical (unpaired) electrons. The number of hydrogen-bond donors (Lipinski definition) is 2. The van der Waals surface area contributed by atoms with E-state index in [1.165, 1.54) is 6.07 Å². The highest BCUT2D eigenvalue weighted by atomic mass is 19.4. The highest BCUT2D eigenvalue weighted by Gasteiger charge is 2.31.